The van der Waals surface area contributed by atoms with Gasteiger partial charge in [0, 0.05) is 184 Å². The molecule has 100 heavy (non-hydrogen) atoms. The van der Waals surface area contributed by atoms with Crippen LogP contribution in [-0.2, 0) is 37.9 Å². The van der Waals surface area contributed by atoms with Crippen LogP contribution in [0.3, 0.4) is 0 Å². The Morgan fingerprint density at radius 1 is 0.210 bits per heavy atom. The first-order valence-corrected chi connectivity index (χ1v) is 37.4. The summed E-state index contributed by atoms with van der Waals surface area (Å²) in [5.41, 5.74) is 0. The summed E-state index contributed by atoms with van der Waals surface area (Å²) in [6.07, 6.45) is 22.1. The number of rotatable bonds is 24. The molecule has 0 unspecified atom stereocenters. The Balaban J connectivity index is -0.000000508. The van der Waals surface area contributed by atoms with E-state index in [-0.39, 0.29) is 0 Å². The molecule has 8 aliphatic heterocycles. The molecule has 0 spiro atoms. The van der Waals surface area contributed by atoms with Gasteiger partial charge in [-0.25, -0.2) is 21.0 Å². The van der Waals surface area contributed by atoms with Crippen molar-refractivity contribution in [2.45, 2.75) is 158 Å². The van der Waals surface area contributed by atoms with Gasteiger partial charge in [-0.1, -0.05) is 0 Å². The number of nitrogens with zero attached hydrogens (tertiary/aromatic N) is 12. The van der Waals surface area contributed by atoms with Gasteiger partial charge in [-0.3, -0.25) is 0 Å². The van der Waals surface area contributed by atoms with Crippen molar-refractivity contribution in [1.29, 1.82) is 21.0 Å². The summed E-state index contributed by atoms with van der Waals surface area (Å²) < 4.78 is 52.2. The van der Waals surface area contributed by atoms with E-state index in [9.17, 15) is 0 Å². The Morgan fingerprint density at radius 3 is 0.330 bits per heavy atom. The van der Waals surface area contributed by atoms with Crippen molar-refractivity contribution in [2.24, 2.45) is 0 Å². The van der Waals surface area contributed by atoms with Crippen LogP contribution < -0.4 is 40.2 Å². The molecule has 0 atom stereocenters. The smallest absolute Gasteiger partial charge is 0.182 e. The standard InChI is InChI=1S/8C8H18NO.4CBNO2/c8*1-3-10-8-9(2)6-4-5-7-9;4*3-1-2(4)5/h8*3-8H2,1-2H3;;;;/q8*+1;4*-2. The van der Waals surface area contributed by atoms with Gasteiger partial charge in [-0.05, 0) is 79.3 Å². The summed E-state index contributed by atoms with van der Waals surface area (Å²) in [6, 6.07) is 0. The fraction of sp³-hybridized carbons (Fsp3) is 0.941. The lowest BCUT2D eigenvalue weighted by molar-refractivity contribution is -0.916. The molecule has 8 heterocycles. The minimum atomic E-state index is -2.31. The van der Waals surface area contributed by atoms with Gasteiger partial charge in [0.05, 0.1) is 161 Å². The molecule has 8 aliphatic rings. The molecule has 0 radical (unpaired) electrons. The van der Waals surface area contributed by atoms with Crippen LogP contribution in [0, 0.1) is 44.9 Å². The Bertz CT molecular complexity index is 1640. The van der Waals surface area contributed by atoms with Crippen LogP contribution in [0.2, 0.25) is 0 Å². The molecule has 0 aromatic heterocycles. The number of likely N-dealkylation sites (tertiary alicyclic amines) is 8. The lowest BCUT2D eigenvalue weighted by atomic mass is 9.97. The van der Waals surface area contributed by atoms with Gasteiger partial charge in [0.2, 0.25) is 0 Å². The lowest BCUT2D eigenvalue weighted by Crippen LogP contribution is -2.43. The van der Waals surface area contributed by atoms with Crippen molar-refractivity contribution in [3.8, 4) is 23.9 Å². The van der Waals surface area contributed by atoms with Crippen LogP contribution in [0.15, 0.2) is 0 Å². The van der Waals surface area contributed by atoms with Crippen molar-refractivity contribution in [1.82, 2.24) is 0 Å². The SMILES string of the molecule is CCOC[N+]1(C)CCCC1.CCOC[N+]1(C)CCCC1.CCOC[N+]1(C)CCCC1.CCOC[N+]1(C)CCCC1.CCOC[N+]1(C)CCCC1.CCOC[N+]1(C)CCCC1.CCOC[N+]1(C)CCCC1.CCOC[N+]1(C)CCCC1.N#CB([O-])[O-].N#CB([O-])[O-].N#CB([O-])[O-].N#CB([O-])[O-]. The van der Waals surface area contributed by atoms with E-state index < -0.39 is 28.5 Å². The second-order valence-electron chi connectivity index (χ2n) is 29.0. The summed E-state index contributed by atoms with van der Waals surface area (Å²) in [5, 5.41) is 101. The average molecular weight is 1430 g/mol. The molecule has 0 bridgehead atoms. The molecular weight excluding hydrogens is 1280 g/mol. The number of hydrogen-bond acceptors (Lipinski definition) is 20. The predicted molar refractivity (Wildman–Crippen MR) is 379 cm³/mol. The summed E-state index contributed by atoms with van der Waals surface area (Å²) >= 11 is 0. The quantitative estimate of drug-likeness (QED) is 0.0809. The third-order valence-corrected chi connectivity index (χ3v) is 18.4. The van der Waals surface area contributed by atoms with Crippen LogP contribution in [-0.4, -0.2) is 332 Å². The maximum absolute atomic E-state index is 8.98. The van der Waals surface area contributed by atoms with E-state index in [1.54, 1.807) is 0 Å². The third kappa shape index (κ3) is 61.6. The number of nitriles is 4. The monoisotopic (exact) mass is 1430 g/mol. The minimum Gasteiger partial charge on any atom is -0.881 e. The van der Waals surface area contributed by atoms with Crippen LogP contribution in [0.25, 0.3) is 0 Å². The molecule has 32 heteroatoms. The number of hydrogen-bond donors (Lipinski definition) is 0. The summed E-state index contributed by atoms with van der Waals surface area (Å²) in [5.74, 6) is 3.67. The van der Waals surface area contributed by atoms with Gasteiger partial charge < -0.3 is 114 Å². The van der Waals surface area contributed by atoms with E-state index in [1.807, 2.05) is 0 Å². The fourth-order valence-corrected chi connectivity index (χ4v) is 12.3. The van der Waals surface area contributed by atoms with Gasteiger partial charge in [0.15, 0.2) is 53.8 Å². The second-order valence-corrected chi connectivity index (χ2v) is 29.0. The molecule has 584 valence electrons. The summed E-state index contributed by atoms with van der Waals surface area (Å²) in [4.78, 5) is 0. The molecule has 28 nitrogen and oxygen atoms in total. The molecule has 0 N–H and O–H groups in total. The van der Waals surface area contributed by atoms with E-state index in [2.05, 4.69) is 112 Å². The normalized spacial score (nSPS) is 19.9. The molecule has 0 saturated carbocycles. The van der Waals surface area contributed by atoms with Gasteiger partial charge in [-0.15, -0.1) is 0 Å². The van der Waals surface area contributed by atoms with E-state index in [1.165, 1.54) is 207 Å². The van der Waals surface area contributed by atoms with E-state index in [0.29, 0.717) is 0 Å². The highest BCUT2D eigenvalue weighted by molar-refractivity contribution is 6.47. The van der Waals surface area contributed by atoms with E-state index >= 15 is 0 Å². The maximum atomic E-state index is 8.98. The molecule has 0 aromatic carbocycles. The first-order chi connectivity index (χ1) is 47.2. The van der Waals surface area contributed by atoms with Crippen LogP contribution in [0.1, 0.15) is 158 Å². The van der Waals surface area contributed by atoms with Crippen molar-refractivity contribution < 1.29 is 114 Å². The first-order valence-electron chi connectivity index (χ1n) is 37.4. The Morgan fingerprint density at radius 2 is 0.280 bits per heavy atom. The van der Waals surface area contributed by atoms with E-state index in [0.717, 1.165) is 166 Å². The van der Waals surface area contributed by atoms with Crippen LogP contribution in [0.4, 0.5) is 0 Å². The highest BCUT2D eigenvalue weighted by atomic mass is 16.5. The Hall–Kier alpha value is -2.74. The highest BCUT2D eigenvalue weighted by Gasteiger charge is 2.31. The van der Waals surface area contributed by atoms with Gasteiger partial charge in [-0.2, -0.15) is 0 Å². The Labute approximate surface area is 610 Å². The van der Waals surface area contributed by atoms with Gasteiger partial charge in [0.25, 0.3) is 0 Å². The molecule has 8 fully saturated rings. The van der Waals surface area contributed by atoms with Gasteiger partial charge >= 0.3 is 0 Å². The molecule has 0 aromatic rings. The fourth-order valence-electron chi connectivity index (χ4n) is 12.3. The van der Waals surface area contributed by atoms with Crippen LogP contribution >= 0.6 is 0 Å². The molecule has 0 aliphatic carbocycles. The minimum absolute atomic E-state index is 0.855. The number of ether oxygens (including phenoxy) is 8. The number of quaternary nitrogens is 8. The average Bonchev–Trinajstić information content (AvgIpc) is 1.88. The zero-order valence-corrected chi connectivity index (χ0v) is 66.1. The third-order valence-electron chi connectivity index (χ3n) is 18.4. The Kier molecular flexibility index (Phi) is 65.8. The molecular formula is C68H144B4N12O16. The van der Waals surface area contributed by atoms with Crippen LogP contribution in [0.5, 0.6) is 0 Å². The maximum Gasteiger partial charge on any atom is 0.182 e. The van der Waals surface area contributed by atoms with Crippen molar-refractivity contribution in [3.63, 3.8) is 0 Å². The molecule has 0 amide bonds. The largest absolute Gasteiger partial charge is 0.881 e. The first kappa shape index (κ1) is 104. The summed E-state index contributed by atoms with van der Waals surface area (Å²) in [6.45, 7) is 51.5. The topological polar surface area (TPSA) is 353 Å². The van der Waals surface area contributed by atoms with Crippen molar-refractivity contribution in [2.75, 3.05) is 268 Å². The second kappa shape index (κ2) is 63.5. The lowest BCUT2D eigenvalue weighted by Gasteiger charge is -2.27. The zero-order chi connectivity index (χ0) is 76.7. The predicted octanol–water partition coefficient (Wildman–Crippen LogP) is -1.20. The highest BCUT2D eigenvalue weighted by Crippen LogP contribution is 2.21. The zero-order valence-electron chi connectivity index (χ0n) is 66.1. The summed E-state index contributed by atoms with van der Waals surface area (Å²) in [7, 11) is 9.00. The van der Waals surface area contributed by atoms with Gasteiger partial charge in [0.1, 0.15) is 0 Å². The van der Waals surface area contributed by atoms with E-state index in [4.69, 9.17) is 99.1 Å². The van der Waals surface area contributed by atoms with Crippen molar-refractivity contribution >= 4 is 28.5 Å². The molecule has 8 rings (SSSR count). The van der Waals surface area contributed by atoms with Crippen molar-refractivity contribution in [3.05, 3.63) is 0 Å². The molecule has 8 saturated heterocycles.